The number of nitrogens with one attached hydrogen (secondary N) is 1. The number of aromatic nitrogens is 1. The molecule has 0 bridgehead atoms. The second-order valence-corrected chi connectivity index (χ2v) is 8.58. The van der Waals surface area contributed by atoms with Crippen molar-refractivity contribution in [3.8, 4) is 11.3 Å². The number of rotatable bonds is 7. The third-order valence-electron chi connectivity index (χ3n) is 5.14. The minimum Gasteiger partial charge on any atom is -0.267 e. The molecule has 0 aliphatic heterocycles. The average molecular weight is 428 g/mol. The molecule has 0 fully saturated rings. The summed E-state index contributed by atoms with van der Waals surface area (Å²) in [5.41, 5.74) is 7.11. The Bertz CT molecular complexity index is 1230. The highest BCUT2D eigenvalue weighted by atomic mass is 32.1. The molecular weight excluding hydrogens is 402 g/mol. The summed E-state index contributed by atoms with van der Waals surface area (Å²) in [6.07, 6.45) is 4.86. The van der Waals surface area contributed by atoms with Gasteiger partial charge in [0.2, 0.25) is 0 Å². The molecule has 2 heterocycles. The van der Waals surface area contributed by atoms with Crippen LogP contribution in [0.4, 0.5) is 0 Å². The van der Waals surface area contributed by atoms with E-state index in [-0.39, 0.29) is 5.91 Å². The van der Waals surface area contributed by atoms with Crippen molar-refractivity contribution in [2.45, 2.75) is 33.1 Å². The number of benzene rings is 2. The molecule has 0 atom stereocenters. The third-order valence-corrected chi connectivity index (χ3v) is 6.30. The van der Waals surface area contributed by atoms with Crippen molar-refractivity contribution in [1.29, 1.82) is 0 Å². The van der Waals surface area contributed by atoms with Gasteiger partial charge in [-0.05, 0) is 42.7 Å². The maximum Gasteiger partial charge on any atom is 0.272 e. The maximum absolute atomic E-state index is 13.0. The predicted octanol–water partition coefficient (Wildman–Crippen LogP) is 6.24. The lowest BCUT2D eigenvalue weighted by molar-refractivity contribution is 0.0956. The largest absolute Gasteiger partial charge is 0.272 e. The monoisotopic (exact) mass is 427 g/mol. The molecule has 4 aromatic rings. The number of carbonyl (C=O) groups is 1. The van der Waals surface area contributed by atoms with Crippen LogP contribution in [0.5, 0.6) is 0 Å². The van der Waals surface area contributed by atoms with E-state index in [1.54, 1.807) is 17.6 Å². The molecule has 0 aliphatic carbocycles. The molecule has 0 radical (unpaired) electrons. The molecule has 0 saturated heterocycles. The highest BCUT2D eigenvalue weighted by Gasteiger charge is 2.13. The molecule has 1 N–H and O–H groups in total. The van der Waals surface area contributed by atoms with Crippen LogP contribution in [0.2, 0.25) is 0 Å². The van der Waals surface area contributed by atoms with E-state index in [9.17, 15) is 4.79 Å². The van der Waals surface area contributed by atoms with Crippen molar-refractivity contribution in [3.05, 3.63) is 87.6 Å². The number of pyridine rings is 1. The number of amides is 1. The molecule has 31 heavy (non-hydrogen) atoms. The van der Waals surface area contributed by atoms with Crippen molar-refractivity contribution in [2.24, 2.45) is 5.10 Å². The van der Waals surface area contributed by atoms with Gasteiger partial charge in [0.15, 0.2) is 0 Å². The molecule has 2 aromatic heterocycles. The molecule has 4 rings (SSSR count). The van der Waals surface area contributed by atoms with Crippen LogP contribution in [-0.2, 0) is 12.8 Å². The van der Waals surface area contributed by atoms with Gasteiger partial charge in [0.1, 0.15) is 0 Å². The van der Waals surface area contributed by atoms with E-state index in [0.29, 0.717) is 5.56 Å². The number of hydrogen-bond donors (Lipinski definition) is 1. The van der Waals surface area contributed by atoms with Crippen LogP contribution < -0.4 is 5.43 Å². The lowest BCUT2D eigenvalue weighted by Crippen LogP contribution is -2.18. The van der Waals surface area contributed by atoms with Crippen LogP contribution in [0.3, 0.4) is 0 Å². The Hall–Kier alpha value is -3.31. The number of aryl methyl sites for hydroxylation is 2. The second kappa shape index (κ2) is 9.67. The van der Waals surface area contributed by atoms with E-state index in [1.807, 2.05) is 36.4 Å². The van der Waals surface area contributed by atoms with Crippen LogP contribution in [0.1, 0.15) is 45.9 Å². The molecule has 5 heteroatoms. The van der Waals surface area contributed by atoms with E-state index < -0.39 is 0 Å². The van der Waals surface area contributed by atoms with E-state index in [0.717, 1.165) is 46.3 Å². The summed E-state index contributed by atoms with van der Waals surface area (Å²) in [6.45, 7) is 4.30. The Morgan fingerprint density at radius 1 is 1.06 bits per heavy atom. The Kier molecular flexibility index (Phi) is 6.53. The fourth-order valence-corrected chi connectivity index (χ4v) is 4.34. The van der Waals surface area contributed by atoms with E-state index in [4.69, 9.17) is 4.98 Å². The summed E-state index contributed by atoms with van der Waals surface area (Å²) >= 11 is 1.68. The standard InChI is InChI=1S/C26H25N3OS/c1-3-7-18-10-12-19(13-11-18)25-16-23(22-8-5-6-9-24(22)28-25)26(30)29-27-17-21-15-14-20(4-2)31-21/h5-6,8-17H,3-4,7H2,1-2H3,(H,29,30). The third kappa shape index (κ3) is 4.89. The molecule has 1 amide bonds. The number of thiophene rings is 1. The Balaban J connectivity index is 1.63. The lowest BCUT2D eigenvalue weighted by atomic mass is 10.0. The summed E-state index contributed by atoms with van der Waals surface area (Å²) in [6, 6.07) is 22.1. The number of para-hydroxylation sites is 1. The van der Waals surface area contributed by atoms with Gasteiger partial charge < -0.3 is 0 Å². The summed E-state index contributed by atoms with van der Waals surface area (Å²) in [5, 5.41) is 4.98. The van der Waals surface area contributed by atoms with E-state index in [2.05, 4.69) is 54.7 Å². The van der Waals surface area contributed by atoms with Gasteiger partial charge in [0.25, 0.3) is 5.91 Å². The molecule has 0 unspecified atom stereocenters. The van der Waals surface area contributed by atoms with E-state index in [1.165, 1.54) is 10.4 Å². The minimum absolute atomic E-state index is 0.244. The van der Waals surface area contributed by atoms with Gasteiger partial charge in [0.05, 0.1) is 23.0 Å². The first kappa shape index (κ1) is 20.9. The van der Waals surface area contributed by atoms with Crippen LogP contribution in [-0.4, -0.2) is 17.1 Å². The zero-order chi connectivity index (χ0) is 21.6. The van der Waals surface area contributed by atoms with Gasteiger partial charge in [-0.3, -0.25) is 4.79 Å². The molecule has 0 spiro atoms. The van der Waals surface area contributed by atoms with Gasteiger partial charge in [0, 0.05) is 20.7 Å². The first-order valence-corrected chi connectivity index (χ1v) is 11.4. The molecule has 0 saturated carbocycles. The molecule has 2 aromatic carbocycles. The molecular formula is C26H25N3OS. The molecule has 4 nitrogen and oxygen atoms in total. The zero-order valence-electron chi connectivity index (χ0n) is 17.8. The number of hydrazone groups is 1. The quantitative estimate of drug-likeness (QED) is 0.280. The van der Waals surface area contributed by atoms with Crippen molar-refractivity contribution < 1.29 is 4.79 Å². The van der Waals surface area contributed by atoms with Crippen LogP contribution in [0.15, 0.2) is 71.8 Å². The normalized spacial score (nSPS) is 11.3. The van der Waals surface area contributed by atoms with Crippen LogP contribution in [0, 0.1) is 0 Å². The highest BCUT2D eigenvalue weighted by molar-refractivity contribution is 7.13. The number of hydrogen-bond acceptors (Lipinski definition) is 4. The van der Waals surface area contributed by atoms with Gasteiger partial charge >= 0.3 is 0 Å². The van der Waals surface area contributed by atoms with Gasteiger partial charge in [-0.25, -0.2) is 10.4 Å². The Morgan fingerprint density at radius 3 is 2.61 bits per heavy atom. The van der Waals surface area contributed by atoms with Crippen molar-refractivity contribution >= 4 is 34.4 Å². The average Bonchev–Trinajstić information content (AvgIpc) is 3.27. The van der Waals surface area contributed by atoms with Crippen LogP contribution >= 0.6 is 11.3 Å². The number of nitrogens with zero attached hydrogens (tertiary/aromatic N) is 2. The van der Waals surface area contributed by atoms with Crippen molar-refractivity contribution in [3.63, 3.8) is 0 Å². The first-order valence-electron chi connectivity index (χ1n) is 10.6. The summed E-state index contributed by atoms with van der Waals surface area (Å²) in [7, 11) is 0. The first-order chi connectivity index (χ1) is 15.2. The summed E-state index contributed by atoms with van der Waals surface area (Å²) in [5.74, 6) is -0.244. The zero-order valence-corrected chi connectivity index (χ0v) is 18.6. The SMILES string of the molecule is CCCc1ccc(-c2cc(C(=O)NN=Cc3ccc(CC)s3)c3ccccc3n2)cc1. The summed E-state index contributed by atoms with van der Waals surface area (Å²) in [4.78, 5) is 20.1. The van der Waals surface area contributed by atoms with Crippen LogP contribution in [0.25, 0.3) is 22.2 Å². The lowest BCUT2D eigenvalue weighted by Gasteiger charge is -2.09. The van der Waals surface area contributed by atoms with Crippen molar-refractivity contribution in [1.82, 2.24) is 10.4 Å². The fourth-order valence-electron chi connectivity index (χ4n) is 3.51. The molecule has 0 aliphatic rings. The molecule has 156 valence electrons. The Morgan fingerprint density at radius 2 is 1.87 bits per heavy atom. The number of carbonyl (C=O) groups excluding carboxylic acids is 1. The topological polar surface area (TPSA) is 54.4 Å². The Labute approximate surface area is 186 Å². The smallest absolute Gasteiger partial charge is 0.267 e. The predicted molar refractivity (Wildman–Crippen MR) is 130 cm³/mol. The van der Waals surface area contributed by atoms with Gasteiger partial charge in [-0.2, -0.15) is 5.10 Å². The highest BCUT2D eigenvalue weighted by Crippen LogP contribution is 2.25. The maximum atomic E-state index is 13.0. The minimum atomic E-state index is -0.244. The second-order valence-electron chi connectivity index (χ2n) is 7.38. The van der Waals surface area contributed by atoms with Gasteiger partial charge in [-0.15, -0.1) is 11.3 Å². The van der Waals surface area contributed by atoms with E-state index >= 15 is 0 Å². The fraction of sp³-hybridized carbons (Fsp3) is 0.192. The number of fused-ring (bicyclic) bond motifs is 1. The summed E-state index contributed by atoms with van der Waals surface area (Å²) < 4.78 is 0. The van der Waals surface area contributed by atoms with Crippen molar-refractivity contribution in [2.75, 3.05) is 0 Å². The van der Waals surface area contributed by atoms with Gasteiger partial charge in [-0.1, -0.05) is 62.7 Å².